The quantitative estimate of drug-likeness (QED) is 0.673. The van der Waals surface area contributed by atoms with Gasteiger partial charge in [0.2, 0.25) is 0 Å². The smallest absolute Gasteiger partial charge is 0.317 e. The van der Waals surface area contributed by atoms with Crippen molar-refractivity contribution in [2.75, 3.05) is 26.2 Å². The molecule has 1 aliphatic heterocycles. The number of hydrogen-bond acceptors (Lipinski definition) is 3. The lowest BCUT2D eigenvalue weighted by Gasteiger charge is -2.21. The highest BCUT2D eigenvalue weighted by atomic mass is 19.2. The maximum atomic E-state index is 13.4. The molecule has 1 aliphatic rings. The molecule has 1 saturated heterocycles. The Morgan fingerprint density at radius 1 is 1.38 bits per heavy atom. The zero-order chi connectivity index (χ0) is 17.3. The molecule has 0 radical (unpaired) electrons. The van der Waals surface area contributed by atoms with Crippen LogP contribution in [0, 0.1) is 11.6 Å². The molecular weight excluding hydrogens is 320 g/mol. The first-order valence-electron chi connectivity index (χ1n) is 7.73. The molecule has 1 aromatic carbocycles. The van der Waals surface area contributed by atoms with E-state index in [4.69, 9.17) is 5.11 Å². The number of H-pyrrole nitrogens is 1. The number of aliphatic hydroxyl groups excluding tert-OH is 1. The second kappa shape index (κ2) is 6.37. The van der Waals surface area contributed by atoms with E-state index in [-0.39, 0.29) is 19.2 Å². The number of aromatic amines is 1. The Hall–Kier alpha value is -2.19. The number of aliphatic hydroxyl groups is 2. The fourth-order valence-corrected chi connectivity index (χ4v) is 2.96. The molecule has 1 atom stereocenters. The molecule has 0 bridgehead atoms. The molecule has 1 aromatic heterocycles. The molecule has 0 spiro atoms. The van der Waals surface area contributed by atoms with Crippen molar-refractivity contribution in [2.24, 2.45) is 0 Å². The Balaban J connectivity index is 1.57. The number of aromatic nitrogens is 1. The minimum absolute atomic E-state index is 0.0902. The number of carbonyl (C=O) groups excluding carboxylic acids is 1. The molecule has 24 heavy (non-hydrogen) atoms. The first kappa shape index (κ1) is 16.7. The lowest BCUT2D eigenvalue weighted by atomic mass is 10.1. The standard InChI is InChI=1S/C16H19F2N3O3/c17-12-5-11-10(7-20-14(11)6-13(12)18)1-3-19-15(23)21-4-2-16(24,8-21)9-22/h5-7,20,22,24H,1-4,8-9H2,(H,19,23). The fraction of sp³-hybridized carbons (Fsp3) is 0.438. The van der Waals surface area contributed by atoms with Gasteiger partial charge in [-0.05, 0) is 24.5 Å². The lowest BCUT2D eigenvalue weighted by Crippen LogP contribution is -2.43. The number of likely N-dealkylation sites (tertiary alicyclic amines) is 1. The maximum absolute atomic E-state index is 13.4. The van der Waals surface area contributed by atoms with Gasteiger partial charge >= 0.3 is 6.03 Å². The van der Waals surface area contributed by atoms with Gasteiger partial charge in [-0.25, -0.2) is 13.6 Å². The molecule has 2 aromatic rings. The van der Waals surface area contributed by atoms with Gasteiger partial charge in [0.05, 0.1) is 13.2 Å². The molecular formula is C16H19F2N3O3. The molecule has 0 saturated carbocycles. The van der Waals surface area contributed by atoms with Gasteiger partial charge in [-0.15, -0.1) is 0 Å². The first-order chi connectivity index (χ1) is 11.4. The van der Waals surface area contributed by atoms with Crippen LogP contribution in [0.2, 0.25) is 0 Å². The second-order valence-electron chi connectivity index (χ2n) is 6.16. The van der Waals surface area contributed by atoms with E-state index in [2.05, 4.69) is 10.3 Å². The van der Waals surface area contributed by atoms with E-state index >= 15 is 0 Å². The van der Waals surface area contributed by atoms with E-state index in [9.17, 15) is 18.7 Å². The number of nitrogens with one attached hydrogen (secondary N) is 2. The highest BCUT2D eigenvalue weighted by Crippen LogP contribution is 2.22. The summed E-state index contributed by atoms with van der Waals surface area (Å²) < 4.78 is 26.5. The molecule has 6 nitrogen and oxygen atoms in total. The highest BCUT2D eigenvalue weighted by Gasteiger charge is 2.37. The average molecular weight is 339 g/mol. The van der Waals surface area contributed by atoms with Gasteiger partial charge in [0.25, 0.3) is 0 Å². The van der Waals surface area contributed by atoms with Crippen LogP contribution < -0.4 is 5.32 Å². The monoisotopic (exact) mass is 339 g/mol. The zero-order valence-corrected chi connectivity index (χ0v) is 13.0. The van der Waals surface area contributed by atoms with Gasteiger partial charge in [-0.3, -0.25) is 0 Å². The number of fused-ring (bicyclic) bond motifs is 1. The Labute approximate surface area is 137 Å². The van der Waals surface area contributed by atoms with E-state index in [1.54, 1.807) is 6.20 Å². The zero-order valence-electron chi connectivity index (χ0n) is 13.0. The lowest BCUT2D eigenvalue weighted by molar-refractivity contribution is -0.00279. The number of carbonyl (C=O) groups is 1. The van der Waals surface area contributed by atoms with Crippen molar-refractivity contribution in [3.8, 4) is 0 Å². The number of hydrogen-bond donors (Lipinski definition) is 4. The predicted molar refractivity (Wildman–Crippen MR) is 83.5 cm³/mol. The molecule has 130 valence electrons. The summed E-state index contributed by atoms with van der Waals surface area (Å²) in [5, 5.41) is 22.3. The van der Waals surface area contributed by atoms with Crippen molar-refractivity contribution in [3.05, 3.63) is 35.5 Å². The number of nitrogens with zero attached hydrogens (tertiary/aromatic N) is 1. The van der Waals surface area contributed by atoms with Crippen molar-refractivity contribution >= 4 is 16.9 Å². The third-order valence-electron chi connectivity index (χ3n) is 4.39. The summed E-state index contributed by atoms with van der Waals surface area (Å²) in [6.07, 6.45) is 2.45. The molecule has 1 unspecified atom stereocenters. The van der Waals surface area contributed by atoms with Crippen molar-refractivity contribution in [3.63, 3.8) is 0 Å². The molecule has 2 heterocycles. The summed E-state index contributed by atoms with van der Waals surface area (Å²) in [7, 11) is 0. The minimum Gasteiger partial charge on any atom is -0.393 e. The van der Waals surface area contributed by atoms with Crippen LogP contribution in [-0.4, -0.2) is 58.0 Å². The average Bonchev–Trinajstić information content (AvgIpc) is 3.13. The van der Waals surface area contributed by atoms with Crippen LogP contribution in [0.1, 0.15) is 12.0 Å². The van der Waals surface area contributed by atoms with Crippen LogP contribution in [0.3, 0.4) is 0 Å². The van der Waals surface area contributed by atoms with Crippen LogP contribution in [0.15, 0.2) is 18.3 Å². The number of urea groups is 1. The predicted octanol–water partition coefficient (Wildman–Crippen LogP) is 1.13. The van der Waals surface area contributed by atoms with E-state index in [1.807, 2.05) is 0 Å². The molecule has 0 aliphatic carbocycles. The van der Waals surface area contributed by atoms with E-state index in [1.165, 1.54) is 4.90 Å². The van der Waals surface area contributed by atoms with Gasteiger partial charge in [-0.1, -0.05) is 0 Å². The number of amides is 2. The number of rotatable bonds is 4. The summed E-state index contributed by atoms with van der Waals surface area (Å²) >= 11 is 0. The number of benzene rings is 1. The normalized spacial score (nSPS) is 20.8. The van der Waals surface area contributed by atoms with Crippen LogP contribution >= 0.6 is 0 Å². The third kappa shape index (κ3) is 3.20. The van der Waals surface area contributed by atoms with Crippen LogP contribution in [0.25, 0.3) is 10.9 Å². The molecule has 4 N–H and O–H groups in total. The Morgan fingerprint density at radius 2 is 2.12 bits per heavy atom. The summed E-state index contributed by atoms with van der Waals surface area (Å²) in [5.74, 6) is -1.82. The van der Waals surface area contributed by atoms with Gasteiger partial charge in [0.1, 0.15) is 5.60 Å². The van der Waals surface area contributed by atoms with Crippen molar-refractivity contribution in [2.45, 2.75) is 18.4 Å². The fourth-order valence-electron chi connectivity index (χ4n) is 2.96. The van der Waals surface area contributed by atoms with Gasteiger partial charge in [-0.2, -0.15) is 0 Å². The van der Waals surface area contributed by atoms with Crippen LogP contribution in [-0.2, 0) is 6.42 Å². The summed E-state index contributed by atoms with van der Waals surface area (Å²) in [6.45, 7) is 0.403. The second-order valence-corrected chi connectivity index (χ2v) is 6.16. The number of β-amino-alcohol motifs (C(OH)–C–C–N with tert-alkyl or cyclic N) is 1. The van der Waals surface area contributed by atoms with E-state index in [0.717, 1.165) is 17.7 Å². The topological polar surface area (TPSA) is 88.6 Å². The maximum Gasteiger partial charge on any atom is 0.317 e. The van der Waals surface area contributed by atoms with E-state index in [0.29, 0.717) is 36.8 Å². The SMILES string of the molecule is O=C(NCCc1c[nH]c2cc(F)c(F)cc12)N1CCC(O)(CO)C1. The van der Waals surface area contributed by atoms with E-state index < -0.39 is 17.2 Å². The van der Waals surface area contributed by atoms with Crippen molar-refractivity contribution < 1.29 is 23.8 Å². The van der Waals surface area contributed by atoms with Crippen molar-refractivity contribution in [1.82, 2.24) is 15.2 Å². The van der Waals surface area contributed by atoms with Gasteiger partial charge in [0.15, 0.2) is 11.6 Å². The Morgan fingerprint density at radius 3 is 2.83 bits per heavy atom. The third-order valence-corrected chi connectivity index (χ3v) is 4.39. The van der Waals surface area contributed by atoms with Crippen molar-refractivity contribution in [1.29, 1.82) is 0 Å². The molecule has 1 fully saturated rings. The molecule has 3 rings (SSSR count). The molecule has 8 heteroatoms. The summed E-state index contributed by atoms with van der Waals surface area (Å²) in [4.78, 5) is 16.4. The summed E-state index contributed by atoms with van der Waals surface area (Å²) in [6, 6.07) is 1.92. The minimum atomic E-state index is -1.23. The Bertz CT molecular complexity index is 764. The van der Waals surface area contributed by atoms with Gasteiger partial charge < -0.3 is 25.4 Å². The molecule has 2 amide bonds. The van der Waals surface area contributed by atoms with Gasteiger partial charge in [0, 0.05) is 36.3 Å². The first-order valence-corrected chi connectivity index (χ1v) is 7.73. The number of halogens is 2. The van der Waals surface area contributed by atoms with Crippen LogP contribution in [0.4, 0.5) is 13.6 Å². The highest BCUT2D eigenvalue weighted by molar-refractivity contribution is 5.83. The Kier molecular flexibility index (Phi) is 4.42. The summed E-state index contributed by atoms with van der Waals surface area (Å²) in [5.41, 5.74) is 0.0516. The van der Waals surface area contributed by atoms with Crippen LogP contribution in [0.5, 0.6) is 0 Å². The largest absolute Gasteiger partial charge is 0.393 e.